The number of fused-ring (bicyclic) bond motifs is 2. The van der Waals surface area contributed by atoms with Crippen molar-refractivity contribution in [1.29, 1.82) is 0 Å². The van der Waals surface area contributed by atoms with Gasteiger partial charge in [-0.25, -0.2) is 10.1 Å². The standard InChI is InChI=1S/C25H23N7O4/c1-14-6-4-9-19-20(14)17(13-31(19)11-5-10-27-25(26)30-32(35)36)22-21(23(33)29-24(22)34)16-12-28-18-8-3-2-7-15(16)18/h2-4,6-9,12-13,28H,5,10-11H2,1H3,(H3,26,27,30)(H,29,33,34). The van der Waals surface area contributed by atoms with Gasteiger partial charge in [-0.15, -0.1) is 0 Å². The Balaban J connectivity index is 1.58. The predicted molar refractivity (Wildman–Crippen MR) is 136 cm³/mol. The number of amides is 2. The van der Waals surface area contributed by atoms with Crippen molar-refractivity contribution in [2.24, 2.45) is 10.8 Å². The molecule has 0 saturated carbocycles. The van der Waals surface area contributed by atoms with Crippen LogP contribution >= 0.6 is 0 Å². The van der Waals surface area contributed by atoms with Crippen LogP contribution in [0.25, 0.3) is 33.0 Å². The normalized spacial score (nSPS) is 14.2. The molecule has 0 atom stereocenters. The number of nitrogens with two attached hydrogens (primary N) is 1. The van der Waals surface area contributed by atoms with Gasteiger partial charge in [-0.3, -0.25) is 14.9 Å². The van der Waals surface area contributed by atoms with Crippen molar-refractivity contribution in [2.75, 3.05) is 6.54 Å². The molecule has 0 unspecified atom stereocenters. The molecule has 0 bridgehead atoms. The van der Waals surface area contributed by atoms with Crippen molar-refractivity contribution in [3.8, 4) is 0 Å². The first-order valence-corrected chi connectivity index (χ1v) is 11.3. The molecule has 3 heterocycles. The number of aromatic amines is 1. The van der Waals surface area contributed by atoms with E-state index >= 15 is 0 Å². The number of nitrogens with one attached hydrogen (secondary N) is 3. The van der Waals surface area contributed by atoms with Gasteiger partial charge in [-0.05, 0) is 31.0 Å². The van der Waals surface area contributed by atoms with Gasteiger partial charge in [-0.1, -0.05) is 30.3 Å². The zero-order valence-corrected chi connectivity index (χ0v) is 19.4. The van der Waals surface area contributed by atoms with E-state index in [9.17, 15) is 19.7 Å². The smallest absolute Gasteiger partial charge is 0.266 e. The van der Waals surface area contributed by atoms with Gasteiger partial charge in [0.1, 0.15) is 5.10 Å². The van der Waals surface area contributed by atoms with Crippen molar-refractivity contribution in [1.82, 2.24) is 20.2 Å². The Labute approximate surface area is 204 Å². The topological polar surface area (TPSA) is 160 Å². The monoisotopic (exact) mass is 485 g/mol. The number of hydrazone groups is 1. The number of nitrogens with zero attached hydrogens (tertiary/aromatic N) is 3. The zero-order valence-electron chi connectivity index (χ0n) is 19.4. The van der Waals surface area contributed by atoms with Gasteiger partial charge in [0.25, 0.3) is 17.8 Å². The Hall–Kier alpha value is -4.93. The van der Waals surface area contributed by atoms with Crippen LogP contribution in [0.1, 0.15) is 23.1 Å². The second kappa shape index (κ2) is 9.02. The van der Waals surface area contributed by atoms with Crippen LogP contribution in [0.5, 0.6) is 0 Å². The molecule has 5 N–H and O–H groups in total. The number of aryl methyl sites for hydroxylation is 2. The maximum Gasteiger partial charge on any atom is 0.266 e. The number of guanidine groups is 1. The molecule has 0 fully saturated rings. The molecular formula is C25H23N7O4. The van der Waals surface area contributed by atoms with E-state index in [0.29, 0.717) is 41.8 Å². The summed E-state index contributed by atoms with van der Waals surface area (Å²) in [7, 11) is 0. The first-order chi connectivity index (χ1) is 17.3. The fourth-order valence-electron chi connectivity index (χ4n) is 4.74. The fraction of sp³-hybridized carbons (Fsp3) is 0.160. The van der Waals surface area contributed by atoms with E-state index in [2.05, 4.69) is 20.7 Å². The first kappa shape index (κ1) is 22.8. The average Bonchev–Trinajstić information content (AvgIpc) is 3.49. The van der Waals surface area contributed by atoms with E-state index in [-0.39, 0.29) is 5.96 Å². The molecule has 0 saturated heterocycles. The van der Waals surface area contributed by atoms with Crippen LogP contribution in [0.3, 0.4) is 0 Å². The summed E-state index contributed by atoms with van der Waals surface area (Å²) in [4.78, 5) is 39.7. The fourth-order valence-corrected chi connectivity index (χ4v) is 4.74. The number of carbonyl (C=O) groups excluding carboxylic acids is 2. The third-order valence-corrected chi connectivity index (χ3v) is 6.24. The van der Waals surface area contributed by atoms with Crippen molar-refractivity contribution >= 4 is 50.7 Å². The highest BCUT2D eigenvalue weighted by atomic mass is 16.7. The van der Waals surface area contributed by atoms with Gasteiger partial charge in [0, 0.05) is 58.4 Å². The average molecular weight is 486 g/mol. The second-order valence-corrected chi connectivity index (χ2v) is 8.49. The Morgan fingerprint density at radius 3 is 2.64 bits per heavy atom. The van der Waals surface area contributed by atoms with Crippen LogP contribution in [0.15, 0.2) is 60.0 Å². The van der Waals surface area contributed by atoms with Crippen molar-refractivity contribution < 1.29 is 14.6 Å². The lowest BCUT2D eigenvalue weighted by Gasteiger charge is -2.06. The molecule has 0 spiro atoms. The largest absolute Gasteiger partial charge is 0.365 e. The Kier molecular flexibility index (Phi) is 5.72. The SMILES string of the molecule is Cc1cccc2c1c(C1=C(c3c[nH]c4ccccc34)C(=O)NC1=O)cn2CCCNC(N)=N[N+](=O)[O-]. The van der Waals surface area contributed by atoms with Crippen LogP contribution in [-0.4, -0.2) is 38.9 Å². The summed E-state index contributed by atoms with van der Waals surface area (Å²) < 4.78 is 2.01. The molecule has 5 rings (SSSR count). The van der Waals surface area contributed by atoms with Crippen LogP contribution in [0.4, 0.5) is 0 Å². The number of nitro groups is 1. The molecule has 1 aliphatic heterocycles. The van der Waals surface area contributed by atoms with Crippen LogP contribution in [0.2, 0.25) is 0 Å². The lowest BCUT2D eigenvalue weighted by molar-refractivity contribution is -0.485. The van der Waals surface area contributed by atoms with Gasteiger partial charge in [-0.2, -0.15) is 0 Å². The van der Waals surface area contributed by atoms with Gasteiger partial charge in [0.2, 0.25) is 0 Å². The number of imide groups is 1. The zero-order chi connectivity index (χ0) is 25.4. The van der Waals surface area contributed by atoms with Gasteiger partial charge in [0.05, 0.1) is 11.1 Å². The highest BCUT2D eigenvalue weighted by Gasteiger charge is 2.35. The Bertz CT molecular complexity index is 1610. The minimum absolute atomic E-state index is 0.261. The summed E-state index contributed by atoms with van der Waals surface area (Å²) in [6.07, 6.45) is 4.23. The second-order valence-electron chi connectivity index (χ2n) is 8.49. The third-order valence-electron chi connectivity index (χ3n) is 6.24. The quantitative estimate of drug-likeness (QED) is 0.0785. The first-order valence-electron chi connectivity index (χ1n) is 11.3. The molecule has 0 aliphatic carbocycles. The molecule has 0 radical (unpaired) electrons. The van der Waals surface area contributed by atoms with Gasteiger partial charge >= 0.3 is 0 Å². The lowest BCUT2D eigenvalue weighted by atomic mass is 9.94. The summed E-state index contributed by atoms with van der Waals surface area (Å²) in [5, 5.41) is 19.5. The Morgan fingerprint density at radius 1 is 1.11 bits per heavy atom. The highest BCUT2D eigenvalue weighted by Crippen LogP contribution is 2.39. The molecule has 11 nitrogen and oxygen atoms in total. The molecular weight excluding hydrogens is 462 g/mol. The van der Waals surface area contributed by atoms with Crippen molar-refractivity contribution in [2.45, 2.75) is 19.9 Å². The maximum atomic E-state index is 13.1. The molecule has 36 heavy (non-hydrogen) atoms. The lowest BCUT2D eigenvalue weighted by Crippen LogP contribution is -2.33. The van der Waals surface area contributed by atoms with Crippen LogP contribution < -0.4 is 16.4 Å². The number of aromatic nitrogens is 2. The number of rotatable bonds is 7. The summed E-state index contributed by atoms with van der Waals surface area (Å²) in [6.45, 7) is 2.88. The summed E-state index contributed by atoms with van der Waals surface area (Å²) in [5.74, 6) is -1.13. The molecule has 2 amide bonds. The predicted octanol–water partition coefficient (Wildman–Crippen LogP) is 2.48. The van der Waals surface area contributed by atoms with E-state index in [0.717, 1.165) is 27.4 Å². The molecule has 1 aliphatic rings. The number of hydrogen-bond acceptors (Lipinski definition) is 4. The van der Waals surface area contributed by atoms with Crippen LogP contribution in [0, 0.1) is 17.0 Å². The van der Waals surface area contributed by atoms with E-state index < -0.39 is 16.8 Å². The molecule has 2 aromatic carbocycles. The number of H-pyrrole nitrogens is 1. The highest BCUT2D eigenvalue weighted by molar-refractivity contribution is 6.50. The molecule has 4 aromatic rings. The molecule has 2 aromatic heterocycles. The minimum atomic E-state index is -0.857. The maximum absolute atomic E-state index is 13.1. The van der Waals surface area contributed by atoms with Crippen LogP contribution in [-0.2, 0) is 16.1 Å². The molecule has 11 heteroatoms. The summed E-state index contributed by atoms with van der Waals surface area (Å²) in [6, 6.07) is 13.5. The van der Waals surface area contributed by atoms with Gasteiger partial charge in [0.15, 0.2) is 5.03 Å². The van der Waals surface area contributed by atoms with Gasteiger partial charge < -0.3 is 20.6 Å². The molecule has 182 valence electrons. The Morgan fingerprint density at radius 2 is 1.86 bits per heavy atom. The number of hydrogen-bond donors (Lipinski definition) is 4. The summed E-state index contributed by atoms with van der Waals surface area (Å²) in [5.41, 5.74) is 10.3. The third kappa shape index (κ3) is 3.96. The number of para-hydroxylation sites is 1. The number of benzene rings is 2. The van der Waals surface area contributed by atoms with Crippen molar-refractivity contribution in [3.05, 3.63) is 81.7 Å². The number of carbonyl (C=O) groups is 2. The summed E-state index contributed by atoms with van der Waals surface area (Å²) >= 11 is 0. The van der Waals surface area contributed by atoms with E-state index in [1.54, 1.807) is 6.20 Å². The van der Waals surface area contributed by atoms with E-state index in [4.69, 9.17) is 5.73 Å². The van der Waals surface area contributed by atoms with Crippen molar-refractivity contribution in [3.63, 3.8) is 0 Å². The van der Waals surface area contributed by atoms with E-state index in [1.807, 2.05) is 60.2 Å². The minimum Gasteiger partial charge on any atom is -0.365 e. The van der Waals surface area contributed by atoms with E-state index in [1.165, 1.54) is 0 Å².